The predicted octanol–water partition coefficient (Wildman–Crippen LogP) is 6.16. The highest BCUT2D eigenvalue weighted by Gasteiger charge is 2.24. The van der Waals surface area contributed by atoms with Crippen LogP contribution in [-0.2, 0) is 23.0 Å². The SMILES string of the molecule is Cc1nc(-c2ccc(-c3cc(Nc4cccc5c4CCN(S(C)(=O)=O)C5)ccc3C)cc2)cs1. The van der Waals surface area contributed by atoms with E-state index in [0.29, 0.717) is 19.5 Å². The lowest BCUT2D eigenvalue weighted by atomic mass is 9.97. The molecule has 1 aliphatic rings. The van der Waals surface area contributed by atoms with E-state index in [1.807, 2.05) is 19.1 Å². The minimum Gasteiger partial charge on any atom is -0.355 e. The number of thiazole rings is 1. The first-order valence-electron chi connectivity index (χ1n) is 11.2. The molecule has 7 heteroatoms. The molecule has 0 radical (unpaired) electrons. The fourth-order valence-electron chi connectivity index (χ4n) is 4.47. The summed E-state index contributed by atoms with van der Waals surface area (Å²) in [5.41, 5.74) is 9.99. The Kier molecular flexibility index (Phi) is 6.02. The topological polar surface area (TPSA) is 62.3 Å². The van der Waals surface area contributed by atoms with Gasteiger partial charge in [-0.25, -0.2) is 13.4 Å². The summed E-state index contributed by atoms with van der Waals surface area (Å²) < 4.78 is 25.5. The number of benzene rings is 3. The monoisotopic (exact) mass is 489 g/mol. The molecule has 1 aliphatic heterocycles. The maximum absolute atomic E-state index is 12.0. The van der Waals surface area contributed by atoms with Crippen LogP contribution in [0.3, 0.4) is 0 Å². The Hall–Kier alpha value is -3.00. The summed E-state index contributed by atoms with van der Waals surface area (Å²) in [6.07, 6.45) is 1.97. The minimum absolute atomic E-state index is 0.424. The molecular weight excluding hydrogens is 462 g/mol. The van der Waals surface area contributed by atoms with Crippen LogP contribution < -0.4 is 5.32 Å². The van der Waals surface area contributed by atoms with Gasteiger partial charge in [0, 0.05) is 35.4 Å². The Balaban J connectivity index is 1.41. The number of aromatic nitrogens is 1. The zero-order valence-electron chi connectivity index (χ0n) is 19.5. The largest absolute Gasteiger partial charge is 0.355 e. The van der Waals surface area contributed by atoms with Gasteiger partial charge in [-0.05, 0) is 66.3 Å². The first-order valence-corrected chi connectivity index (χ1v) is 14.0. The molecule has 0 spiro atoms. The first kappa shape index (κ1) is 22.8. The highest BCUT2D eigenvalue weighted by molar-refractivity contribution is 7.88. The number of fused-ring (bicyclic) bond motifs is 1. The van der Waals surface area contributed by atoms with Crippen molar-refractivity contribution in [3.8, 4) is 22.4 Å². The van der Waals surface area contributed by atoms with Gasteiger partial charge in [-0.3, -0.25) is 0 Å². The Morgan fingerprint density at radius 2 is 1.76 bits per heavy atom. The molecule has 0 unspecified atom stereocenters. The molecule has 0 atom stereocenters. The van der Waals surface area contributed by atoms with E-state index in [2.05, 4.69) is 71.1 Å². The number of sulfonamides is 1. The summed E-state index contributed by atoms with van der Waals surface area (Å²) in [6, 6.07) is 21.0. The van der Waals surface area contributed by atoms with Gasteiger partial charge in [0.1, 0.15) is 0 Å². The fraction of sp³-hybridized carbons (Fsp3) is 0.222. The Bertz CT molecular complexity index is 1460. The van der Waals surface area contributed by atoms with E-state index in [4.69, 9.17) is 0 Å². The lowest BCUT2D eigenvalue weighted by molar-refractivity contribution is 0.395. The van der Waals surface area contributed by atoms with Crippen molar-refractivity contribution in [1.82, 2.24) is 9.29 Å². The van der Waals surface area contributed by atoms with Crippen molar-refractivity contribution in [3.05, 3.63) is 87.7 Å². The number of rotatable bonds is 5. The minimum atomic E-state index is -3.19. The van der Waals surface area contributed by atoms with Crippen molar-refractivity contribution in [1.29, 1.82) is 0 Å². The maximum atomic E-state index is 12.0. The van der Waals surface area contributed by atoms with E-state index >= 15 is 0 Å². The van der Waals surface area contributed by atoms with Crippen LogP contribution in [0.5, 0.6) is 0 Å². The van der Waals surface area contributed by atoms with Crippen molar-refractivity contribution < 1.29 is 8.42 Å². The van der Waals surface area contributed by atoms with Gasteiger partial charge in [0.05, 0.1) is 17.0 Å². The smallest absolute Gasteiger partial charge is 0.211 e. The van der Waals surface area contributed by atoms with E-state index in [-0.39, 0.29) is 0 Å². The molecule has 5 nitrogen and oxygen atoms in total. The van der Waals surface area contributed by atoms with Gasteiger partial charge in [-0.15, -0.1) is 11.3 Å². The molecular formula is C27H27N3O2S2. The van der Waals surface area contributed by atoms with Crippen LogP contribution in [0.4, 0.5) is 11.4 Å². The standard InChI is InChI=1S/C27H27N3O2S2/c1-18-7-12-23(15-25(18)20-8-10-21(11-9-20)27-17-33-19(2)28-27)29-26-6-4-5-22-16-30(34(3,31)32)14-13-24(22)26/h4-12,15,17,29H,13-14,16H2,1-3H3. The van der Waals surface area contributed by atoms with E-state index in [1.54, 1.807) is 15.6 Å². The van der Waals surface area contributed by atoms with Gasteiger partial charge in [0.25, 0.3) is 0 Å². The Morgan fingerprint density at radius 3 is 2.47 bits per heavy atom. The number of nitrogens with one attached hydrogen (secondary N) is 1. The Morgan fingerprint density at radius 1 is 1.00 bits per heavy atom. The second-order valence-corrected chi connectivity index (χ2v) is 11.8. The van der Waals surface area contributed by atoms with Crippen LogP contribution in [0.1, 0.15) is 21.7 Å². The van der Waals surface area contributed by atoms with Gasteiger partial charge in [-0.2, -0.15) is 4.31 Å². The highest BCUT2D eigenvalue weighted by Crippen LogP contribution is 2.33. The molecule has 1 aromatic heterocycles. The molecule has 4 aromatic rings. The zero-order chi connectivity index (χ0) is 23.9. The number of hydrogen-bond acceptors (Lipinski definition) is 5. The van der Waals surface area contributed by atoms with Crippen LogP contribution in [0, 0.1) is 13.8 Å². The van der Waals surface area contributed by atoms with Crippen LogP contribution in [0.15, 0.2) is 66.0 Å². The molecule has 174 valence electrons. The number of nitrogens with zero attached hydrogens (tertiary/aromatic N) is 2. The summed E-state index contributed by atoms with van der Waals surface area (Å²) in [6.45, 7) is 5.08. The second-order valence-electron chi connectivity index (χ2n) is 8.77. The summed E-state index contributed by atoms with van der Waals surface area (Å²) in [7, 11) is -3.19. The van der Waals surface area contributed by atoms with Gasteiger partial charge in [-0.1, -0.05) is 42.5 Å². The second kappa shape index (κ2) is 8.98. The number of aryl methyl sites for hydroxylation is 2. The van der Waals surface area contributed by atoms with Crippen molar-refractivity contribution in [3.63, 3.8) is 0 Å². The average molecular weight is 490 g/mol. The molecule has 5 rings (SSSR count). The molecule has 0 saturated carbocycles. The average Bonchev–Trinajstić information content (AvgIpc) is 3.26. The van der Waals surface area contributed by atoms with Gasteiger partial charge in [0.15, 0.2) is 0 Å². The summed E-state index contributed by atoms with van der Waals surface area (Å²) in [5.74, 6) is 0. The molecule has 2 heterocycles. The fourth-order valence-corrected chi connectivity index (χ4v) is 5.89. The molecule has 0 bridgehead atoms. The van der Waals surface area contributed by atoms with E-state index in [9.17, 15) is 8.42 Å². The van der Waals surface area contributed by atoms with Crippen molar-refractivity contribution in [2.24, 2.45) is 0 Å². The highest BCUT2D eigenvalue weighted by atomic mass is 32.2. The number of hydrogen-bond donors (Lipinski definition) is 1. The molecule has 0 fully saturated rings. The quantitative estimate of drug-likeness (QED) is 0.365. The van der Waals surface area contributed by atoms with Crippen molar-refractivity contribution in [2.45, 2.75) is 26.8 Å². The molecule has 34 heavy (non-hydrogen) atoms. The van der Waals surface area contributed by atoms with Crippen LogP contribution >= 0.6 is 11.3 Å². The lowest BCUT2D eigenvalue weighted by Gasteiger charge is -2.28. The maximum Gasteiger partial charge on any atom is 0.211 e. The molecule has 1 N–H and O–H groups in total. The van der Waals surface area contributed by atoms with Gasteiger partial charge in [0.2, 0.25) is 10.0 Å². The van der Waals surface area contributed by atoms with Crippen LogP contribution in [0.2, 0.25) is 0 Å². The van der Waals surface area contributed by atoms with E-state index < -0.39 is 10.0 Å². The van der Waals surface area contributed by atoms with Crippen LogP contribution in [-0.4, -0.2) is 30.5 Å². The summed E-state index contributed by atoms with van der Waals surface area (Å²) in [5, 5.41) is 6.75. The Labute approximate surface area is 205 Å². The molecule has 3 aromatic carbocycles. The van der Waals surface area contributed by atoms with E-state index in [0.717, 1.165) is 38.8 Å². The van der Waals surface area contributed by atoms with Crippen molar-refractivity contribution in [2.75, 3.05) is 18.1 Å². The number of anilines is 2. The van der Waals surface area contributed by atoms with Crippen molar-refractivity contribution >= 4 is 32.7 Å². The third-order valence-electron chi connectivity index (χ3n) is 6.33. The van der Waals surface area contributed by atoms with Crippen LogP contribution in [0.25, 0.3) is 22.4 Å². The van der Waals surface area contributed by atoms with Gasteiger partial charge >= 0.3 is 0 Å². The third-order valence-corrected chi connectivity index (χ3v) is 8.35. The zero-order valence-corrected chi connectivity index (χ0v) is 21.1. The summed E-state index contributed by atoms with van der Waals surface area (Å²) >= 11 is 1.66. The van der Waals surface area contributed by atoms with Gasteiger partial charge < -0.3 is 5.32 Å². The molecule has 0 amide bonds. The predicted molar refractivity (Wildman–Crippen MR) is 141 cm³/mol. The lowest BCUT2D eigenvalue weighted by Crippen LogP contribution is -2.35. The first-order chi connectivity index (χ1) is 16.3. The molecule has 0 aliphatic carbocycles. The molecule has 0 saturated heterocycles. The van der Waals surface area contributed by atoms with E-state index in [1.165, 1.54) is 22.9 Å². The third kappa shape index (κ3) is 4.64. The normalized spacial score (nSPS) is 14.1. The summed E-state index contributed by atoms with van der Waals surface area (Å²) in [4.78, 5) is 4.59.